The molecule has 1 saturated heterocycles. The monoisotopic (exact) mass is 410 g/mol. The highest BCUT2D eigenvalue weighted by Gasteiger charge is 2.33. The highest BCUT2D eigenvalue weighted by Crippen LogP contribution is 2.34. The number of H-pyrrole nitrogens is 2. The van der Waals surface area contributed by atoms with E-state index < -0.39 is 11.2 Å². The van der Waals surface area contributed by atoms with Crippen LogP contribution in [0.5, 0.6) is 0 Å². The molecule has 0 aliphatic carbocycles. The predicted molar refractivity (Wildman–Crippen MR) is 112 cm³/mol. The Bertz CT molecular complexity index is 1180. The second-order valence-corrected chi connectivity index (χ2v) is 8.16. The first-order valence-corrected chi connectivity index (χ1v) is 10.4. The van der Waals surface area contributed by atoms with Gasteiger partial charge in [0.15, 0.2) is 0 Å². The predicted octanol–water partition coefficient (Wildman–Crippen LogP) is 1.76. The van der Waals surface area contributed by atoms with Gasteiger partial charge in [0.1, 0.15) is 11.5 Å². The van der Waals surface area contributed by atoms with Gasteiger partial charge >= 0.3 is 5.69 Å². The summed E-state index contributed by atoms with van der Waals surface area (Å²) in [6.07, 6.45) is 2.11. The molecule has 0 radical (unpaired) electrons. The molecular weight excluding hydrogens is 384 g/mol. The van der Waals surface area contributed by atoms with Crippen molar-refractivity contribution < 1.29 is 4.79 Å². The number of imidazole rings is 1. The van der Waals surface area contributed by atoms with Crippen molar-refractivity contribution in [3.05, 3.63) is 56.6 Å². The van der Waals surface area contributed by atoms with E-state index in [9.17, 15) is 14.4 Å². The zero-order valence-electron chi connectivity index (χ0n) is 17.2. The number of aryl methyl sites for hydroxylation is 1. The number of amides is 1. The maximum absolute atomic E-state index is 13.0. The lowest BCUT2D eigenvalue weighted by atomic mass is 10.1. The Hall–Kier alpha value is -3.23. The largest absolute Gasteiger partial charge is 0.342 e. The van der Waals surface area contributed by atoms with E-state index in [1.807, 2.05) is 23.1 Å². The van der Waals surface area contributed by atoms with Crippen molar-refractivity contribution in [2.24, 2.45) is 5.92 Å². The van der Waals surface area contributed by atoms with Crippen LogP contribution in [0.2, 0.25) is 0 Å². The van der Waals surface area contributed by atoms with Gasteiger partial charge in [0.05, 0.1) is 17.1 Å². The summed E-state index contributed by atoms with van der Waals surface area (Å²) in [6, 6.07) is 7.99. The van der Waals surface area contributed by atoms with Crippen LogP contribution in [0.1, 0.15) is 50.7 Å². The van der Waals surface area contributed by atoms with Crippen molar-refractivity contribution in [3.8, 4) is 0 Å². The molecule has 1 aliphatic rings. The van der Waals surface area contributed by atoms with Crippen molar-refractivity contribution in [2.75, 3.05) is 6.54 Å². The van der Waals surface area contributed by atoms with E-state index in [0.717, 1.165) is 36.2 Å². The first kappa shape index (κ1) is 20.1. The fourth-order valence-electron chi connectivity index (χ4n) is 4.15. The molecule has 30 heavy (non-hydrogen) atoms. The zero-order chi connectivity index (χ0) is 21.3. The summed E-state index contributed by atoms with van der Waals surface area (Å²) in [4.78, 5) is 44.8. The number of likely N-dealkylation sites (tertiary alicyclic amines) is 1. The maximum Gasteiger partial charge on any atom is 0.342 e. The minimum Gasteiger partial charge on any atom is -0.332 e. The number of aromatic nitrogens is 5. The van der Waals surface area contributed by atoms with E-state index in [1.54, 1.807) is 0 Å². The molecule has 3 aromatic rings. The molecule has 1 fully saturated rings. The number of benzene rings is 1. The quantitative estimate of drug-likeness (QED) is 0.642. The van der Waals surface area contributed by atoms with Crippen LogP contribution in [-0.4, -0.2) is 42.1 Å². The number of para-hydroxylation sites is 2. The Labute approximate surface area is 173 Å². The number of carbonyl (C=O) groups is 1. The maximum atomic E-state index is 13.0. The number of hydrogen-bond donors (Lipinski definition) is 2. The van der Waals surface area contributed by atoms with Crippen molar-refractivity contribution in [3.63, 3.8) is 0 Å². The fourth-order valence-corrected chi connectivity index (χ4v) is 4.15. The molecule has 3 heterocycles. The Morgan fingerprint density at radius 2 is 2.07 bits per heavy atom. The third-order valence-electron chi connectivity index (χ3n) is 5.46. The molecule has 9 heteroatoms. The SMILES string of the molecule is CC(C)Cn1c(C2CCCN2C(=O)CCc2n[nH]c(=O)[nH]c2=O)nc2ccccc21. The minimum absolute atomic E-state index is 0.0342. The van der Waals surface area contributed by atoms with Gasteiger partial charge in [0.2, 0.25) is 5.91 Å². The van der Waals surface area contributed by atoms with Gasteiger partial charge in [-0.2, -0.15) is 5.10 Å². The van der Waals surface area contributed by atoms with Crippen LogP contribution >= 0.6 is 0 Å². The molecule has 2 aromatic heterocycles. The number of rotatable bonds is 6. The Kier molecular flexibility index (Phi) is 5.52. The van der Waals surface area contributed by atoms with Gasteiger partial charge in [-0.25, -0.2) is 14.9 Å². The van der Waals surface area contributed by atoms with Crippen LogP contribution in [0, 0.1) is 5.92 Å². The summed E-state index contributed by atoms with van der Waals surface area (Å²) in [5.74, 6) is 1.34. The highest BCUT2D eigenvalue weighted by molar-refractivity contribution is 5.78. The van der Waals surface area contributed by atoms with E-state index in [-0.39, 0.29) is 30.5 Å². The lowest BCUT2D eigenvalue weighted by Crippen LogP contribution is -2.33. The molecule has 1 amide bonds. The number of nitrogens with zero attached hydrogens (tertiary/aromatic N) is 4. The molecule has 1 unspecified atom stereocenters. The normalized spacial score (nSPS) is 16.6. The van der Waals surface area contributed by atoms with E-state index in [1.165, 1.54) is 0 Å². The summed E-state index contributed by atoms with van der Waals surface area (Å²) in [5.41, 5.74) is 0.980. The van der Waals surface area contributed by atoms with Gasteiger partial charge in [-0.3, -0.25) is 14.6 Å². The van der Waals surface area contributed by atoms with E-state index in [0.29, 0.717) is 12.5 Å². The minimum atomic E-state index is -0.654. The van der Waals surface area contributed by atoms with Crippen LogP contribution in [0.15, 0.2) is 33.9 Å². The van der Waals surface area contributed by atoms with Gasteiger partial charge in [0, 0.05) is 25.9 Å². The molecule has 2 N–H and O–H groups in total. The van der Waals surface area contributed by atoms with Crippen LogP contribution in [0.25, 0.3) is 11.0 Å². The van der Waals surface area contributed by atoms with E-state index in [4.69, 9.17) is 4.98 Å². The van der Waals surface area contributed by atoms with E-state index in [2.05, 4.69) is 39.7 Å². The second kappa shape index (κ2) is 8.25. The Morgan fingerprint density at radius 3 is 2.83 bits per heavy atom. The van der Waals surface area contributed by atoms with Crippen LogP contribution in [0.3, 0.4) is 0 Å². The number of hydrogen-bond acceptors (Lipinski definition) is 5. The third kappa shape index (κ3) is 3.92. The third-order valence-corrected chi connectivity index (χ3v) is 5.46. The molecule has 158 valence electrons. The summed E-state index contributed by atoms with van der Waals surface area (Å²) >= 11 is 0. The zero-order valence-corrected chi connectivity index (χ0v) is 17.2. The Balaban J connectivity index is 1.58. The molecule has 0 spiro atoms. The Morgan fingerprint density at radius 1 is 1.27 bits per heavy atom. The van der Waals surface area contributed by atoms with Crippen molar-refractivity contribution >= 4 is 16.9 Å². The van der Waals surface area contributed by atoms with Crippen molar-refractivity contribution in [1.29, 1.82) is 0 Å². The molecule has 1 aromatic carbocycles. The smallest absolute Gasteiger partial charge is 0.332 e. The molecule has 1 aliphatic heterocycles. The average molecular weight is 410 g/mol. The standard InChI is InChI=1S/C21H26N6O3/c1-13(2)12-27-16-7-4-3-6-14(16)22-19(27)17-8-5-11-26(17)18(28)10-9-15-20(29)23-21(30)25-24-15/h3-4,6-7,13,17H,5,8-12H2,1-2H3,(H2,23,25,29,30). The second-order valence-electron chi connectivity index (χ2n) is 8.16. The van der Waals surface area contributed by atoms with E-state index >= 15 is 0 Å². The van der Waals surface area contributed by atoms with Crippen LogP contribution in [0.4, 0.5) is 0 Å². The number of nitrogens with one attached hydrogen (secondary N) is 2. The van der Waals surface area contributed by atoms with Gasteiger partial charge in [-0.1, -0.05) is 26.0 Å². The first-order valence-electron chi connectivity index (χ1n) is 10.4. The van der Waals surface area contributed by atoms with Gasteiger partial charge in [-0.15, -0.1) is 0 Å². The fraction of sp³-hybridized carbons (Fsp3) is 0.476. The number of aromatic amines is 2. The molecular formula is C21H26N6O3. The average Bonchev–Trinajstić information content (AvgIpc) is 3.32. The molecule has 9 nitrogen and oxygen atoms in total. The summed E-state index contributed by atoms with van der Waals surface area (Å²) < 4.78 is 2.24. The van der Waals surface area contributed by atoms with Gasteiger partial charge in [-0.05, 0) is 30.9 Å². The lowest BCUT2D eigenvalue weighted by Gasteiger charge is -2.25. The van der Waals surface area contributed by atoms with Crippen molar-refractivity contribution in [2.45, 2.75) is 52.1 Å². The molecule has 0 bridgehead atoms. The summed E-state index contributed by atoms with van der Waals surface area (Å²) in [5, 5.41) is 5.97. The van der Waals surface area contributed by atoms with Crippen LogP contribution < -0.4 is 11.2 Å². The van der Waals surface area contributed by atoms with Crippen molar-refractivity contribution in [1.82, 2.24) is 29.6 Å². The van der Waals surface area contributed by atoms with Crippen LogP contribution in [-0.2, 0) is 17.8 Å². The topological polar surface area (TPSA) is 117 Å². The summed E-state index contributed by atoms with van der Waals surface area (Å²) in [7, 11) is 0. The first-order chi connectivity index (χ1) is 14.4. The summed E-state index contributed by atoms with van der Waals surface area (Å²) in [6.45, 7) is 5.85. The number of carbonyl (C=O) groups excluding carboxylic acids is 1. The molecule has 4 rings (SSSR count). The number of fused-ring (bicyclic) bond motifs is 1. The molecule has 1 atom stereocenters. The molecule has 0 saturated carbocycles. The van der Waals surface area contributed by atoms with Gasteiger partial charge < -0.3 is 9.47 Å². The van der Waals surface area contributed by atoms with Gasteiger partial charge in [0.25, 0.3) is 5.56 Å². The highest BCUT2D eigenvalue weighted by atomic mass is 16.2. The lowest BCUT2D eigenvalue weighted by molar-refractivity contribution is -0.132.